The molecule has 0 aliphatic rings. The summed E-state index contributed by atoms with van der Waals surface area (Å²) >= 11 is 0. The van der Waals surface area contributed by atoms with E-state index in [1.807, 2.05) is 6.92 Å². The molecule has 0 aromatic heterocycles. The number of nitrogens with one attached hydrogen (secondary N) is 1. The first kappa shape index (κ1) is 15.4. The number of carbonyl (C=O) groups is 3. The van der Waals surface area contributed by atoms with Crippen LogP contribution in [-0.4, -0.2) is 47.4 Å². The molecule has 0 fully saturated rings. The normalized spacial score (nSPS) is 11.7. The lowest BCUT2D eigenvalue weighted by molar-refractivity contribution is -0.148. The maximum atomic E-state index is 11.5. The molecule has 0 aromatic carbocycles. The van der Waals surface area contributed by atoms with Crippen molar-refractivity contribution in [3.8, 4) is 0 Å². The van der Waals surface area contributed by atoms with Gasteiger partial charge in [0.25, 0.3) is 0 Å². The van der Waals surface area contributed by atoms with E-state index < -0.39 is 12.0 Å². The average Bonchev–Trinajstić information content (AvgIpc) is 2.31. The predicted octanol–water partition coefficient (Wildman–Crippen LogP) is 0.224. The van der Waals surface area contributed by atoms with Gasteiger partial charge in [0.05, 0.1) is 0 Å². The first-order valence-corrected chi connectivity index (χ1v) is 5.65. The minimum absolute atomic E-state index is 0.0314. The monoisotopic (exact) mass is 244 g/mol. The van der Waals surface area contributed by atoms with Crippen LogP contribution in [0, 0.1) is 0 Å². The van der Waals surface area contributed by atoms with Crippen molar-refractivity contribution in [2.45, 2.75) is 39.2 Å². The quantitative estimate of drug-likeness (QED) is 0.671. The number of carbonyl (C=O) groups excluding carboxylic acids is 2. The third-order valence-corrected chi connectivity index (χ3v) is 2.47. The molecular formula is C11H20N2O4. The van der Waals surface area contributed by atoms with Gasteiger partial charge in [0.2, 0.25) is 11.8 Å². The summed E-state index contributed by atoms with van der Waals surface area (Å²) in [5, 5.41) is 11.4. The summed E-state index contributed by atoms with van der Waals surface area (Å²) < 4.78 is 0. The van der Waals surface area contributed by atoms with Crippen LogP contribution in [0.1, 0.15) is 33.1 Å². The molecule has 2 amide bonds. The highest BCUT2D eigenvalue weighted by atomic mass is 16.4. The first-order chi connectivity index (χ1) is 7.90. The van der Waals surface area contributed by atoms with Gasteiger partial charge in [-0.1, -0.05) is 6.92 Å². The largest absolute Gasteiger partial charge is 0.480 e. The average molecular weight is 244 g/mol. The van der Waals surface area contributed by atoms with E-state index >= 15 is 0 Å². The first-order valence-electron chi connectivity index (χ1n) is 5.65. The van der Waals surface area contributed by atoms with E-state index in [2.05, 4.69) is 5.32 Å². The highest BCUT2D eigenvalue weighted by Gasteiger charge is 2.21. The summed E-state index contributed by atoms with van der Waals surface area (Å²) in [5.74, 6) is -1.58. The minimum atomic E-state index is -1.06. The lowest BCUT2D eigenvalue weighted by Crippen LogP contribution is -2.40. The van der Waals surface area contributed by atoms with Crippen LogP contribution in [0.5, 0.6) is 0 Å². The van der Waals surface area contributed by atoms with Crippen LogP contribution in [0.3, 0.4) is 0 Å². The summed E-state index contributed by atoms with van der Waals surface area (Å²) in [7, 11) is 1.42. The summed E-state index contributed by atoms with van der Waals surface area (Å²) in [6, 6.07) is -0.874. The number of aliphatic carboxylic acids is 1. The second-order valence-electron chi connectivity index (χ2n) is 3.87. The van der Waals surface area contributed by atoms with Crippen molar-refractivity contribution < 1.29 is 19.5 Å². The van der Waals surface area contributed by atoms with Gasteiger partial charge in [-0.25, -0.2) is 4.79 Å². The van der Waals surface area contributed by atoms with Gasteiger partial charge in [0.1, 0.15) is 6.04 Å². The fraction of sp³-hybridized carbons (Fsp3) is 0.727. The molecule has 17 heavy (non-hydrogen) atoms. The van der Waals surface area contributed by atoms with Crippen LogP contribution in [0.15, 0.2) is 0 Å². The SMILES string of the molecule is CCCNC(=O)CCC(=O)N(C)C(C)C(=O)O. The zero-order chi connectivity index (χ0) is 13.4. The zero-order valence-corrected chi connectivity index (χ0v) is 10.5. The number of hydrogen-bond donors (Lipinski definition) is 2. The van der Waals surface area contributed by atoms with E-state index in [0.29, 0.717) is 6.54 Å². The molecular weight excluding hydrogens is 224 g/mol. The molecule has 98 valence electrons. The number of rotatable bonds is 7. The number of likely N-dealkylation sites (N-methyl/N-ethyl adjacent to an activating group) is 1. The van der Waals surface area contributed by atoms with E-state index in [0.717, 1.165) is 11.3 Å². The Balaban J connectivity index is 4.01. The molecule has 0 bridgehead atoms. The molecule has 6 heteroatoms. The van der Waals surface area contributed by atoms with Crippen LogP contribution in [0.4, 0.5) is 0 Å². The lowest BCUT2D eigenvalue weighted by Gasteiger charge is -2.21. The molecule has 0 heterocycles. The van der Waals surface area contributed by atoms with Gasteiger partial charge < -0.3 is 15.3 Å². The van der Waals surface area contributed by atoms with Crippen molar-refractivity contribution in [2.75, 3.05) is 13.6 Å². The Morgan fingerprint density at radius 2 is 1.88 bits per heavy atom. The van der Waals surface area contributed by atoms with Crippen molar-refractivity contribution >= 4 is 17.8 Å². The Labute approximate surface area is 101 Å². The Morgan fingerprint density at radius 3 is 2.35 bits per heavy atom. The van der Waals surface area contributed by atoms with Crippen molar-refractivity contribution in [1.82, 2.24) is 10.2 Å². The Bertz CT molecular complexity index is 291. The van der Waals surface area contributed by atoms with Gasteiger partial charge in [-0.05, 0) is 13.3 Å². The highest BCUT2D eigenvalue weighted by Crippen LogP contribution is 2.01. The predicted molar refractivity (Wildman–Crippen MR) is 62.4 cm³/mol. The Kier molecular flexibility index (Phi) is 6.93. The van der Waals surface area contributed by atoms with Crippen LogP contribution in [0.25, 0.3) is 0 Å². The van der Waals surface area contributed by atoms with Crippen LogP contribution >= 0.6 is 0 Å². The summed E-state index contributed by atoms with van der Waals surface area (Å²) in [6.45, 7) is 3.96. The minimum Gasteiger partial charge on any atom is -0.480 e. The third-order valence-electron chi connectivity index (χ3n) is 2.47. The van der Waals surface area contributed by atoms with Crippen molar-refractivity contribution in [1.29, 1.82) is 0 Å². The van der Waals surface area contributed by atoms with E-state index in [1.165, 1.54) is 14.0 Å². The van der Waals surface area contributed by atoms with E-state index in [9.17, 15) is 14.4 Å². The molecule has 0 spiro atoms. The maximum Gasteiger partial charge on any atom is 0.326 e. The van der Waals surface area contributed by atoms with Crippen molar-refractivity contribution in [3.63, 3.8) is 0 Å². The molecule has 0 rings (SSSR count). The van der Waals surface area contributed by atoms with Crippen LogP contribution in [-0.2, 0) is 14.4 Å². The van der Waals surface area contributed by atoms with E-state index in [-0.39, 0.29) is 24.7 Å². The molecule has 1 atom stereocenters. The molecule has 2 N–H and O–H groups in total. The standard InChI is InChI=1S/C11H20N2O4/c1-4-7-12-9(14)5-6-10(15)13(3)8(2)11(16)17/h8H,4-7H2,1-3H3,(H,12,14)(H,16,17). The fourth-order valence-corrected chi connectivity index (χ4v) is 1.13. The number of carboxylic acid groups (broad SMARTS) is 1. The number of amides is 2. The van der Waals surface area contributed by atoms with Crippen molar-refractivity contribution in [3.05, 3.63) is 0 Å². The number of nitrogens with zero attached hydrogens (tertiary/aromatic N) is 1. The van der Waals surface area contributed by atoms with E-state index in [4.69, 9.17) is 5.11 Å². The van der Waals surface area contributed by atoms with Crippen LogP contribution in [0.2, 0.25) is 0 Å². The summed E-state index contributed by atoms with van der Waals surface area (Å²) in [5.41, 5.74) is 0. The van der Waals surface area contributed by atoms with Gasteiger partial charge in [-0.2, -0.15) is 0 Å². The molecule has 0 aromatic rings. The fourth-order valence-electron chi connectivity index (χ4n) is 1.13. The van der Waals surface area contributed by atoms with Gasteiger partial charge in [0, 0.05) is 26.4 Å². The van der Waals surface area contributed by atoms with Gasteiger partial charge >= 0.3 is 5.97 Å². The molecule has 0 saturated heterocycles. The smallest absolute Gasteiger partial charge is 0.326 e. The molecule has 0 aliphatic heterocycles. The second kappa shape index (κ2) is 7.65. The van der Waals surface area contributed by atoms with Crippen LogP contribution < -0.4 is 5.32 Å². The van der Waals surface area contributed by atoms with E-state index in [1.54, 1.807) is 0 Å². The Hall–Kier alpha value is -1.59. The zero-order valence-electron chi connectivity index (χ0n) is 10.5. The maximum absolute atomic E-state index is 11.5. The third kappa shape index (κ3) is 5.89. The lowest BCUT2D eigenvalue weighted by atomic mass is 10.2. The number of carboxylic acids is 1. The topological polar surface area (TPSA) is 86.7 Å². The Morgan fingerprint density at radius 1 is 1.29 bits per heavy atom. The molecule has 0 radical (unpaired) electrons. The summed E-state index contributed by atoms with van der Waals surface area (Å²) in [6.07, 6.45) is 0.967. The van der Waals surface area contributed by atoms with Gasteiger partial charge in [0.15, 0.2) is 0 Å². The molecule has 0 saturated carbocycles. The molecule has 0 aliphatic carbocycles. The highest BCUT2D eigenvalue weighted by molar-refractivity contribution is 5.86. The van der Waals surface area contributed by atoms with Gasteiger partial charge in [-0.15, -0.1) is 0 Å². The molecule has 1 unspecified atom stereocenters. The summed E-state index contributed by atoms with van der Waals surface area (Å²) in [4.78, 5) is 34.6. The second-order valence-corrected chi connectivity index (χ2v) is 3.87. The van der Waals surface area contributed by atoms with Gasteiger partial charge in [-0.3, -0.25) is 9.59 Å². The number of hydrogen-bond acceptors (Lipinski definition) is 3. The molecule has 6 nitrogen and oxygen atoms in total. The van der Waals surface area contributed by atoms with Crippen molar-refractivity contribution in [2.24, 2.45) is 0 Å².